The Labute approximate surface area is 134 Å². The van der Waals surface area contributed by atoms with E-state index in [0.29, 0.717) is 19.8 Å². The van der Waals surface area contributed by atoms with Crippen molar-refractivity contribution >= 4 is 15.9 Å². The first-order valence-corrected chi connectivity index (χ1v) is 7.67. The molecule has 0 saturated heterocycles. The Morgan fingerprint density at radius 3 is 2.48 bits per heavy atom. The van der Waals surface area contributed by atoms with Crippen LogP contribution in [0.2, 0.25) is 0 Å². The van der Waals surface area contributed by atoms with E-state index in [0.717, 1.165) is 28.0 Å². The zero-order valence-corrected chi connectivity index (χ0v) is 13.6. The van der Waals surface area contributed by atoms with Crippen LogP contribution in [0, 0.1) is 0 Å². The second-order valence-electron chi connectivity index (χ2n) is 4.56. The topological polar surface area (TPSA) is 27.7 Å². The fraction of sp³-hybridized carbons (Fsp3) is 0.294. The minimum Gasteiger partial charge on any atom is -0.490 e. The highest BCUT2D eigenvalue weighted by molar-refractivity contribution is 9.10. The molecule has 0 heterocycles. The van der Waals surface area contributed by atoms with Crippen LogP contribution in [0.4, 0.5) is 0 Å². The molecule has 0 N–H and O–H groups in total. The Bertz CT molecular complexity index is 543. The highest BCUT2D eigenvalue weighted by Crippen LogP contribution is 2.31. The van der Waals surface area contributed by atoms with E-state index in [9.17, 15) is 0 Å². The van der Waals surface area contributed by atoms with Crippen LogP contribution in [-0.4, -0.2) is 20.3 Å². The monoisotopic (exact) mass is 350 g/mol. The normalized spacial score (nSPS) is 10.4. The number of ether oxygens (including phenoxy) is 3. The van der Waals surface area contributed by atoms with Crippen molar-refractivity contribution in [2.24, 2.45) is 0 Å². The van der Waals surface area contributed by atoms with Crippen LogP contribution < -0.4 is 9.47 Å². The Balaban J connectivity index is 1.97. The summed E-state index contributed by atoms with van der Waals surface area (Å²) in [4.78, 5) is 0. The molecule has 0 fully saturated rings. The highest BCUT2D eigenvalue weighted by atomic mass is 79.9. The summed E-state index contributed by atoms with van der Waals surface area (Å²) in [5.41, 5.74) is 1.13. The average molecular weight is 351 g/mol. The lowest BCUT2D eigenvalue weighted by Crippen LogP contribution is -2.03. The third-order valence-corrected chi connectivity index (χ3v) is 3.39. The predicted octanol–water partition coefficient (Wildman–Crippen LogP) is 4.44. The Hall–Kier alpha value is -1.52. The molecule has 3 nitrogen and oxygen atoms in total. The average Bonchev–Trinajstić information content (AvgIpc) is 2.52. The molecule has 0 aromatic heterocycles. The summed E-state index contributed by atoms with van der Waals surface area (Å²) in [5.74, 6) is 1.50. The van der Waals surface area contributed by atoms with Gasteiger partial charge in [-0.05, 0) is 23.8 Å². The maximum Gasteiger partial charge on any atom is 0.162 e. The van der Waals surface area contributed by atoms with Gasteiger partial charge in [0.2, 0.25) is 0 Å². The van der Waals surface area contributed by atoms with E-state index in [1.807, 2.05) is 48.5 Å². The van der Waals surface area contributed by atoms with Gasteiger partial charge in [0.15, 0.2) is 11.5 Å². The van der Waals surface area contributed by atoms with Crippen molar-refractivity contribution in [3.63, 3.8) is 0 Å². The molecule has 0 saturated carbocycles. The van der Waals surface area contributed by atoms with Crippen molar-refractivity contribution in [2.75, 3.05) is 20.3 Å². The molecule has 0 radical (unpaired) electrons. The molecule has 112 valence electrons. The van der Waals surface area contributed by atoms with Crippen molar-refractivity contribution in [3.05, 3.63) is 58.6 Å². The molecule has 0 atom stereocenters. The second kappa shape index (κ2) is 8.70. The Kier molecular flexibility index (Phi) is 6.57. The third-order valence-electron chi connectivity index (χ3n) is 2.89. The molecular formula is C17H19BrO3. The van der Waals surface area contributed by atoms with Gasteiger partial charge in [0.25, 0.3) is 0 Å². The number of halogens is 1. The van der Waals surface area contributed by atoms with Gasteiger partial charge in [0, 0.05) is 24.6 Å². The molecule has 0 amide bonds. The standard InChI is InChI=1S/C17H19BrO3/c1-19-10-5-11-20-17-12-15(18)8-9-16(17)21-13-14-6-3-2-4-7-14/h2-4,6-9,12H,5,10-11,13H2,1H3. The first-order valence-electron chi connectivity index (χ1n) is 6.87. The van der Waals surface area contributed by atoms with Crippen LogP contribution in [0.15, 0.2) is 53.0 Å². The summed E-state index contributed by atoms with van der Waals surface area (Å²) in [6.45, 7) is 1.82. The summed E-state index contributed by atoms with van der Waals surface area (Å²) in [5, 5.41) is 0. The molecule has 2 aromatic carbocycles. The van der Waals surface area contributed by atoms with Crippen molar-refractivity contribution in [3.8, 4) is 11.5 Å². The SMILES string of the molecule is COCCCOc1cc(Br)ccc1OCc1ccccc1. The first-order chi connectivity index (χ1) is 10.3. The minimum absolute atomic E-state index is 0.525. The maximum atomic E-state index is 5.86. The van der Waals surface area contributed by atoms with Crippen LogP contribution in [0.25, 0.3) is 0 Å². The Morgan fingerprint density at radius 1 is 0.905 bits per heavy atom. The minimum atomic E-state index is 0.525. The van der Waals surface area contributed by atoms with E-state index < -0.39 is 0 Å². The quantitative estimate of drug-likeness (QED) is 0.658. The zero-order chi connectivity index (χ0) is 14.9. The van der Waals surface area contributed by atoms with Gasteiger partial charge < -0.3 is 14.2 Å². The van der Waals surface area contributed by atoms with Gasteiger partial charge >= 0.3 is 0 Å². The Morgan fingerprint density at radius 2 is 1.71 bits per heavy atom. The van der Waals surface area contributed by atoms with Crippen LogP contribution in [0.3, 0.4) is 0 Å². The van der Waals surface area contributed by atoms with Gasteiger partial charge in [-0.2, -0.15) is 0 Å². The smallest absolute Gasteiger partial charge is 0.162 e. The van der Waals surface area contributed by atoms with E-state index >= 15 is 0 Å². The largest absolute Gasteiger partial charge is 0.490 e. The molecular weight excluding hydrogens is 332 g/mol. The molecule has 0 bridgehead atoms. The molecule has 2 rings (SSSR count). The van der Waals surface area contributed by atoms with Crippen LogP contribution in [-0.2, 0) is 11.3 Å². The molecule has 0 unspecified atom stereocenters. The highest BCUT2D eigenvalue weighted by Gasteiger charge is 2.06. The molecule has 0 spiro atoms. The molecule has 0 aliphatic carbocycles. The molecule has 0 aliphatic heterocycles. The van der Waals surface area contributed by atoms with Gasteiger partial charge in [0.1, 0.15) is 6.61 Å². The third kappa shape index (κ3) is 5.40. The van der Waals surface area contributed by atoms with Crippen molar-refractivity contribution in [2.45, 2.75) is 13.0 Å². The van der Waals surface area contributed by atoms with Gasteiger partial charge in [-0.15, -0.1) is 0 Å². The number of benzene rings is 2. The second-order valence-corrected chi connectivity index (χ2v) is 5.48. The van der Waals surface area contributed by atoms with Crippen LogP contribution >= 0.6 is 15.9 Å². The summed E-state index contributed by atoms with van der Waals surface area (Å²) in [6.07, 6.45) is 0.848. The molecule has 4 heteroatoms. The van der Waals surface area contributed by atoms with Crippen molar-refractivity contribution in [1.82, 2.24) is 0 Å². The summed E-state index contributed by atoms with van der Waals surface area (Å²) >= 11 is 3.45. The zero-order valence-electron chi connectivity index (χ0n) is 12.0. The summed E-state index contributed by atoms with van der Waals surface area (Å²) in [6, 6.07) is 15.9. The van der Waals surface area contributed by atoms with Gasteiger partial charge in [-0.3, -0.25) is 0 Å². The number of hydrogen-bond acceptors (Lipinski definition) is 3. The fourth-order valence-electron chi connectivity index (χ4n) is 1.83. The maximum absolute atomic E-state index is 5.86. The van der Waals surface area contributed by atoms with E-state index in [1.54, 1.807) is 7.11 Å². The molecule has 0 aliphatic rings. The van der Waals surface area contributed by atoms with Crippen molar-refractivity contribution in [1.29, 1.82) is 0 Å². The summed E-state index contributed by atoms with van der Waals surface area (Å²) in [7, 11) is 1.69. The fourth-order valence-corrected chi connectivity index (χ4v) is 2.17. The first kappa shape index (κ1) is 15.9. The van der Waals surface area contributed by atoms with E-state index in [-0.39, 0.29) is 0 Å². The molecule has 2 aromatic rings. The number of rotatable bonds is 8. The van der Waals surface area contributed by atoms with Crippen molar-refractivity contribution < 1.29 is 14.2 Å². The van der Waals surface area contributed by atoms with Gasteiger partial charge in [-0.1, -0.05) is 46.3 Å². The molecule has 21 heavy (non-hydrogen) atoms. The lowest BCUT2D eigenvalue weighted by Gasteiger charge is -2.13. The summed E-state index contributed by atoms with van der Waals surface area (Å²) < 4.78 is 17.6. The lowest BCUT2D eigenvalue weighted by atomic mass is 10.2. The van der Waals surface area contributed by atoms with Gasteiger partial charge in [0.05, 0.1) is 6.61 Å². The lowest BCUT2D eigenvalue weighted by molar-refractivity contribution is 0.169. The number of methoxy groups -OCH3 is 1. The van der Waals surface area contributed by atoms with Crippen LogP contribution in [0.5, 0.6) is 11.5 Å². The number of hydrogen-bond donors (Lipinski definition) is 0. The van der Waals surface area contributed by atoms with E-state index in [4.69, 9.17) is 14.2 Å². The van der Waals surface area contributed by atoms with Crippen LogP contribution in [0.1, 0.15) is 12.0 Å². The van der Waals surface area contributed by atoms with E-state index in [1.165, 1.54) is 0 Å². The predicted molar refractivity (Wildman–Crippen MR) is 86.9 cm³/mol. The van der Waals surface area contributed by atoms with Gasteiger partial charge in [-0.25, -0.2) is 0 Å². The van der Waals surface area contributed by atoms with E-state index in [2.05, 4.69) is 15.9 Å².